The van der Waals surface area contributed by atoms with Crippen LogP contribution in [0, 0.1) is 6.92 Å². The predicted octanol–water partition coefficient (Wildman–Crippen LogP) is 1.86. The monoisotopic (exact) mass is 310 g/mol. The minimum Gasteiger partial charge on any atom is -0.293 e. The second-order valence-electron chi connectivity index (χ2n) is 5.25. The van der Waals surface area contributed by atoms with Gasteiger partial charge in [-0.15, -0.1) is 5.10 Å². The zero-order valence-corrected chi connectivity index (χ0v) is 12.9. The van der Waals surface area contributed by atoms with Gasteiger partial charge in [0.2, 0.25) is 11.9 Å². The Morgan fingerprint density at radius 1 is 1.22 bits per heavy atom. The molecule has 23 heavy (non-hydrogen) atoms. The van der Waals surface area contributed by atoms with E-state index in [0.717, 1.165) is 11.3 Å². The van der Waals surface area contributed by atoms with E-state index in [0.29, 0.717) is 25.5 Å². The van der Waals surface area contributed by atoms with Crippen molar-refractivity contribution in [3.8, 4) is 0 Å². The van der Waals surface area contributed by atoms with Crippen LogP contribution in [0.5, 0.6) is 0 Å². The first-order valence-electron chi connectivity index (χ1n) is 7.42. The summed E-state index contributed by atoms with van der Waals surface area (Å²) in [7, 11) is 0. The maximum absolute atomic E-state index is 11.9. The molecule has 0 unspecified atom stereocenters. The lowest BCUT2D eigenvalue weighted by Crippen LogP contribution is -2.16. The Kier molecular flexibility index (Phi) is 4.46. The van der Waals surface area contributed by atoms with Crippen LogP contribution < -0.4 is 5.32 Å². The van der Waals surface area contributed by atoms with Gasteiger partial charge >= 0.3 is 0 Å². The van der Waals surface area contributed by atoms with E-state index in [1.807, 2.05) is 43.3 Å². The van der Waals surface area contributed by atoms with Gasteiger partial charge in [0.05, 0.1) is 6.54 Å². The van der Waals surface area contributed by atoms with E-state index in [1.165, 1.54) is 0 Å². The molecular formula is C16H18N6O. The smallest absolute Gasteiger partial charge is 0.248 e. The number of aryl methyl sites for hydroxylation is 2. The van der Waals surface area contributed by atoms with Crippen LogP contribution in [0.25, 0.3) is 0 Å². The fourth-order valence-electron chi connectivity index (χ4n) is 2.23. The molecule has 1 amide bonds. The Labute approximate surface area is 134 Å². The molecule has 2 aromatic heterocycles. The van der Waals surface area contributed by atoms with Crippen LogP contribution in [0.1, 0.15) is 17.7 Å². The lowest BCUT2D eigenvalue weighted by atomic mass is 10.2. The zero-order valence-electron chi connectivity index (χ0n) is 12.9. The van der Waals surface area contributed by atoms with Gasteiger partial charge in [-0.25, -0.2) is 9.67 Å². The summed E-state index contributed by atoms with van der Waals surface area (Å²) in [5.41, 5.74) is 2.16. The largest absolute Gasteiger partial charge is 0.293 e. The predicted molar refractivity (Wildman–Crippen MR) is 85.8 cm³/mol. The molecular weight excluding hydrogens is 292 g/mol. The number of rotatable bonds is 6. The third kappa shape index (κ3) is 4.03. The average molecular weight is 310 g/mol. The molecule has 1 aromatic carbocycles. The number of aromatic nitrogens is 5. The molecule has 7 nitrogen and oxygen atoms in total. The average Bonchev–Trinajstić information content (AvgIpc) is 3.15. The molecule has 0 bridgehead atoms. The van der Waals surface area contributed by atoms with Crippen molar-refractivity contribution in [2.45, 2.75) is 26.4 Å². The summed E-state index contributed by atoms with van der Waals surface area (Å²) in [5.74, 6) is 0.195. The quantitative estimate of drug-likeness (QED) is 0.754. The highest BCUT2D eigenvalue weighted by atomic mass is 16.1. The first-order chi connectivity index (χ1) is 11.2. The van der Waals surface area contributed by atoms with Crippen LogP contribution in [-0.4, -0.2) is 30.5 Å². The van der Waals surface area contributed by atoms with E-state index >= 15 is 0 Å². The molecule has 0 fully saturated rings. The maximum atomic E-state index is 11.9. The fourth-order valence-corrected chi connectivity index (χ4v) is 2.23. The molecule has 0 spiro atoms. The van der Waals surface area contributed by atoms with Crippen molar-refractivity contribution in [3.63, 3.8) is 0 Å². The molecule has 0 radical (unpaired) electrons. The van der Waals surface area contributed by atoms with Crippen molar-refractivity contribution in [1.82, 2.24) is 24.5 Å². The number of nitrogens with zero attached hydrogens (tertiary/aromatic N) is 5. The first kappa shape index (κ1) is 15.0. The summed E-state index contributed by atoms with van der Waals surface area (Å²) >= 11 is 0. The second-order valence-corrected chi connectivity index (χ2v) is 5.25. The standard InChI is InChI=1S/C16H18N6O/c1-13-7-9-18-22(13)10-8-15(23)19-16-17-12-21(20-16)11-14-5-3-2-4-6-14/h2-7,9,12H,8,10-11H2,1H3,(H,19,20,23). The number of carbonyl (C=O) groups is 1. The SMILES string of the molecule is Cc1ccnn1CCC(=O)Nc1ncn(Cc2ccccc2)n1. The lowest BCUT2D eigenvalue weighted by molar-refractivity contribution is -0.116. The van der Waals surface area contributed by atoms with Crippen LogP contribution in [0.4, 0.5) is 5.95 Å². The summed E-state index contributed by atoms with van der Waals surface area (Å²) in [6.07, 6.45) is 3.66. The van der Waals surface area contributed by atoms with Gasteiger partial charge in [0.15, 0.2) is 0 Å². The number of anilines is 1. The molecule has 7 heteroatoms. The Morgan fingerprint density at radius 2 is 2.04 bits per heavy atom. The molecule has 0 aliphatic rings. The Bertz CT molecular complexity index is 777. The molecule has 0 atom stereocenters. The Morgan fingerprint density at radius 3 is 2.78 bits per heavy atom. The van der Waals surface area contributed by atoms with Crippen molar-refractivity contribution in [1.29, 1.82) is 0 Å². The molecule has 118 valence electrons. The number of hydrogen-bond acceptors (Lipinski definition) is 4. The zero-order chi connectivity index (χ0) is 16.1. The third-order valence-corrected chi connectivity index (χ3v) is 3.45. The number of carbonyl (C=O) groups excluding carboxylic acids is 1. The maximum Gasteiger partial charge on any atom is 0.248 e. The number of benzene rings is 1. The van der Waals surface area contributed by atoms with Crippen LogP contribution in [-0.2, 0) is 17.9 Å². The van der Waals surface area contributed by atoms with E-state index in [4.69, 9.17) is 0 Å². The molecule has 3 aromatic rings. The summed E-state index contributed by atoms with van der Waals surface area (Å²) in [6.45, 7) is 3.11. The molecule has 0 aliphatic carbocycles. The first-order valence-corrected chi connectivity index (χ1v) is 7.42. The minimum absolute atomic E-state index is 0.127. The topological polar surface area (TPSA) is 77.6 Å². The van der Waals surface area contributed by atoms with Crippen LogP contribution in [0.2, 0.25) is 0 Å². The Hall–Kier alpha value is -2.96. The number of nitrogens with one attached hydrogen (secondary N) is 1. The third-order valence-electron chi connectivity index (χ3n) is 3.45. The van der Waals surface area contributed by atoms with Crippen molar-refractivity contribution >= 4 is 11.9 Å². The molecule has 0 aliphatic heterocycles. The van der Waals surface area contributed by atoms with E-state index in [9.17, 15) is 4.79 Å². The van der Waals surface area contributed by atoms with Crippen molar-refractivity contribution in [3.05, 3.63) is 60.2 Å². The molecule has 1 N–H and O–H groups in total. The summed E-state index contributed by atoms with van der Waals surface area (Å²) in [4.78, 5) is 16.1. The van der Waals surface area contributed by atoms with Crippen molar-refractivity contribution < 1.29 is 4.79 Å². The molecule has 0 saturated carbocycles. The summed E-state index contributed by atoms with van der Waals surface area (Å²) in [5, 5.41) is 11.1. The highest BCUT2D eigenvalue weighted by Crippen LogP contribution is 2.04. The van der Waals surface area contributed by atoms with E-state index in [2.05, 4.69) is 20.5 Å². The summed E-state index contributed by atoms with van der Waals surface area (Å²) in [6, 6.07) is 11.9. The minimum atomic E-state index is -0.127. The van der Waals surface area contributed by atoms with Gasteiger partial charge in [0, 0.05) is 24.9 Å². The van der Waals surface area contributed by atoms with Gasteiger partial charge in [-0.3, -0.25) is 14.8 Å². The van der Waals surface area contributed by atoms with Gasteiger partial charge in [-0.1, -0.05) is 30.3 Å². The van der Waals surface area contributed by atoms with Gasteiger partial charge in [0.1, 0.15) is 6.33 Å². The highest BCUT2D eigenvalue weighted by molar-refractivity contribution is 5.88. The normalized spacial score (nSPS) is 10.7. The van der Waals surface area contributed by atoms with Gasteiger partial charge in [-0.05, 0) is 18.6 Å². The number of amides is 1. The molecule has 3 rings (SSSR count). The highest BCUT2D eigenvalue weighted by Gasteiger charge is 2.08. The van der Waals surface area contributed by atoms with E-state index < -0.39 is 0 Å². The van der Waals surface area contributed by atoms with Crippen LogP contribution >= 0.6 is 0 Å². The molecule has 2 heterocycles. The van der Waals surface area contributed by atoms with E-state index in [1.54, 1.807) is 21.9 Å². The Balaban J connectivity index is 1.52. The van der Waals surface area contributed by atoms with E-state index in [-0.39, 0.29) is 5.91 Å². The lowest BCUT2D eigenvalue weighted by Gasteiger charge is -2.04. The van der Waals surface area contributed by atoms with Crippen LogP contribution in [0.3, 0.4) is 0 Å². The van der Waals surface area contributed by atoms with Crippen molar-refractivity contribution in [2.24, 2.45) is 0 Å². The molecule has 0 saturated heterocycles. The van der Waals surface area contributed by atoms with Gasteiger partial charge in [0.25, 0.3) is 0 Å². The van der Waals surface area contributed by atoms with Crippen molar-refractivity contribution in [2.75, 3.05) is 5.32 Å². The number of hydrogen-bond donors (Lipinski definition) is 1. The second kappa shape index (κ2) is 6.87. The van der Waals surface area contributed by atoms with Gasteiger partial charge in [-0.2, -0.15) is 5.10 Å². The van der Waals surface area contributed by atoms with Crippen LogP contribution in [0.15, 0.2) is 48.9 Å². The fraction of sp³-hybridized carbons (Fsp3) is 0.250. The summed E-state index contributed by atoms with van der Waals surface area (Å²) < 4.78 is 3.49. The van der Waals surface area contributed by atoms with Gasteiger partial charge < -0.3 is 0 Å².